The fourth-order valence-electron chi connectivity index (χ4n) is 7.33. The number of carbonyl (C=O) groups is 8. The quantitative estimate of drug-likeness (QED) is 0.0126. The summed E-state index contributed by atoms with van der Waals surface area (Å²) in [5.74, 6) is -6.57. The molecule has 6 rings (SSSR count). The van der Waals surface area contributed by atoms with Gasteiger partial charge in [0.15, 0.2) is 34.7 Å². The van der Waals surface area contributed by atoms with Crippen LogP contribution in [0.15, 0.2) is 36.4 Å². The van der Waals surface area contributed by atoms with Gasteiger partial charge in [-0.25, -0.2) is 0 Å². The minimum Gasteiger partial charge on any atom is -0.379 e. The molecule has 18 N–H and O–H groups in total. The summed E-state index contributed by atoms with van der Waals surface area (Å²) in [6.45, 7) is 3.01. The topological polar surface area (TPSA) is 571 Å². The monoisotopic (exact) mass is 1190 g/mol. The average Bonchev–Trinajstić information content (AvgIpc) is 4.54. The number of carbonyl (C=O) groups excluding carboxylic acids is 8. The third-order valence-corrected chi connectivity index (χ3v) is 11.7. The summed E-state index contributed by atoms with van der Waals surface area (Å²) in [7, 11) is 0. The van der Waals surface area contributed by atoms with Crippen molar-refractivity contribution in [1.82, 2.24) is 82.5 Å². The van der Waals surface area contributed by atoms with Crippen molar-refractivity contribution in [2.24, 2.45) is 11.5 Å². The molecule has 0 saturated carbocycles. The highest BCUT2D eigenvalue weighted by atomic mass is 16.6. The van der Waals surface area contributed by atoms with E-state index in [0.717, 1.165) is 12.1 Å². The number of aromatic amines is 6. The highest BCUT2D eigenvalue weighted by Gasteiger charge is 2.26. The predicted octanol–water partition coefficient (Wildman–Crippen LogP) is -0.932. The fourth-order valence-corrected chi connectivity index (χ4v) is 7.33. The van der Waals surface area contributed by atoms with Crippen LogP contribution >= 0.6 is 0 Å². The first-order chi connectivity index (χ1) is 41.0. The van der Waals surface area contributed by atoms with Gasteiger partial charge in [-0.15, -0.1) is 10.2 Å². The van der Waals surface area contributed by atoms with Gasteiger partial charge in [-0.05, 0) is 74.3 Å². The van der Waals surface area contributed by atoms with Crippen molar-refractivity contribution in [2.45, 2.75) is 63.5 Å². The van der Waals surface area contributed by atoms with Crippen molar-refractivity contribution in [3.05, 3.63) is 90.8 Å². The van der Waals surface area contributed by atoms with Gasteiger partial charge < -0.3 is 88.4 Å². The minimum atomic E-state index is -0.921. The molecule has 0 saturated heterocycles. The fraction of sp³-hybridized carbons (Fsp3) is 0.435. The molecule has 39 nitrogen and oxygen atoms in total. The summed E-state index contributed by atoms with van der Waals surface area (Å²) in [5, 5.41) is 79.0. The standard InChI is InChI=1S/C46H62N24O15/c47-9-3-1-7-25(51-41(73)27-19-33(63-57-27)53-43(75)29-21-35(65-59-29)55-45(77)31-23-37(67-61-31)69(79)80)39(71)49-11-5-13-83-15-17-85-18-16-84-14-6-12-50-40(72)26(8-2-4-10-48)52-42(74)28-20-34(64-58-28)54-44(76)30-22-36(66-60-30)56-46(78)32-24-38(68-62-32)70(81)82/h19-26H,1-18,47-48H2,(H,49,71)(H,50,72)(H,51,73)(H,52,74)(H,61,67)(H,62,68)(H2,53,57,63,75)(H2,54,58,64,76)(H2,55,59,65,77)(H2,56,60,66,78)/t25-,26-/m0/s1. The van der Waals surface area contributed by atoms with Crippen LogP contribution in [0.2, 0.25) is 0 Å². The van der Waals surface area contributed by atoms with Crippen LogP contribution in [-0.4, -0.2) is 196 Å². The second-order valence-electron chi connectivity index (χ2n) is 18.0. The lowest BCUT2D eigenvalue weighted by Crippen LogP contribution is -2.47. The number of unbranched alkanes of at least 4 members (excludes halogenated alkanes) is 2. The number of hydrogen-bond donors (Lipinski definition) is 16. The van der Waals surface area contributed by atoms with E-state index in [-0.39, 0.29) is 97.0 Å². The number of rotatable bonds is 38. The van der Waals surface area contributed by atoms with E-state index >= 15 is 0 Å². The first kappa shape index (κ1) is 63.8. The summed E-state index contributed by atoms with van der Waals surface area (Å²) >= 11 is 0. The molecule has 0 fully saturated rings. The number of ether oxygens (including phenoxy) is 3. The first-order valence-electron chi connectivity index (χ1n) is 26.2. The van der Waals surface area contributed by atoms with E-state index in [0.29, 0.717) is 77.7 Å². The highest BCUT2D eigenvalue weighted by Crippen LogP contribution is 2.16. The van der Waals surface area contributed by atoms with E-state index in [1.807, 2.05) is 0 Å². The zero-order valence-corrected chi connectivity index (χ0v) is 45.2. The van der Waals surface area contributed by atoms with E-state index in [2.05, 4.69) is 104 Å². The molecule has 85 heavy (non-hydrogen) atoms. The van der Waals surface area contributed by atoms with Gasteiger partial charge in [-0.1, -0.05) is 10.2 Å². The van der Waals surface area contributed by atoms with Gasteiger partial charge in [-0.2, -0.15) is 20.4 Å². The normalized spacial score (nSPS) is 11.7. The van der Waals surface area contributed by atoms with E-state index in [4.69, 9.17) is 25.7 Å². The predicted molar refractivity (Wildman–Crippen MR) is 293 cm³/mol. The summed E-state index contributed by atoms with van der Waals surface area (Å²) in [6, 6.07) is 4.89. The molecule has 6 aromatic rings. The summed E-state index contributed by atoms with van der Waals surface area (Å²) < 4.78 is 16.8. The molecule has 0 aliphatic carbocycles. The Bertz CT molecular complexity index is 3020. The number of amides is 8. The van der Waals surface area contributed by atoms with Gasteiger partial charge in [0, 0.05) is 50.6 Å². The molecule has 0 radical (unpaired) electrons. The van der Waals surface area contributed by atoms with Gasteiger partial charge in [0.2, 0.25) is 11.8 Å². The molecule has 0 unspecified atom stereocenters. The summed E-state index contributed by atoms with van der Waals surface area (Å²) in [6.07, 6.45) is 3.83. The third-order valence-electron chi connectivity index (χ3n) is 11.7. The number of hydrogen-bond acceptors (Lipinski definition) is 23. The number of anilines is 4. The molecule has 39 heteroatoms. The molecule has 2 atom stereocenters. The lowest BCUT2D eigenvalue weighted by atomic mass is 10.1. The Morgan fingerprint density at radius 2 is 0.765 bits per heavy atom. The van der Waals surface area contributed by atoms with Crippen LogP contribution in [0.3, 0.4) is 0 Å². The smallest absolute Gasteiger partial charge is 0.343 e. The van der Waals surface area contributed by atoms with Gasteiger partial charge in [0.25, 0.3) is 35.4 Å². The minimum absolute atomic E-state index is 0.0454. The van der Waals surface area contributed by atoms with Gasteiger partial charge in [0.1, 0.15) is 34.9 Å². The zero-order chi connectivity index (χ0) is 61.1. The van der Waals surface area contributed by atoms with E-state index in [1.54, 1.807) is 0 Å². The molecular formula is C46H62N24O15. The molecule has 6 aromatic heterocycles. The SMILES string of the molecule is NCCCC[C@H](NC(=O)c1cc(NC(=O)c2cc(NC(=O)c3cc([N+](=O)[O-])[nH]n3)n[nH]2)n[nH]1)C(=O)NCCCOCCOCCOCCCNC(=O)[C@H](CCCCN)NC(=O)c1cc(NC(=O)c2cc(NC(=O)c3cc([N+](=O)[O-])[nH]n3)n[nH]2)n[nH]1. The van der Waals surface area contributed by atoms with Gasteiger partial charge >= 0.3 is 11.6 Å². The van der Waals surface area contributed by atoms with E-state index in [9.17, 15) is 58.6 Å². The van der Waals surface area contributed by atoms with Crippen molar-refractivity contribution in [1.29, 1.82) is 0 Å². The number of nitrogens with one attached hydrogen (secondary N) is 14. The van der Waals surface area contributed by atoms with Crippen LogP contribution in [0.5, 0.6) is 0 Å². The number of aromatic nitrogens is 12. The Hall–Kier alpha value is -10.4. The molecular weight excluding hydrogens is 1130 g/mol. The number of nitrogens with zero attached hydrogens (tertiary/aromatic N) is 8. The highest BCUT2D eigenvalue weighted by molar-refractivity contribution is 6.07. The lowest BCUT2D eigenvalue weighted by Gasteiger charge is -2.18. The summed E-state index contributed by atoms with van der Waals surface area (Å²) in [4.78, 5) is 123. The third kappa shape index (κ3) is 20.5. The average molecular weight is 1190 g/mol. The Labute approximate surface area is 478 Å². The Balaban J connectivity index is 0.797. The molecule has 0 aromatic carbocycles. The largest absolute Gasteiger partial charge is 0.379 e. The lowest BCUT2D eigenvalue weighted by molar-refractivity contribution is -0.389. The molecule has 0 aliphatic heterocycles. The van der Waals surface area contributed by atoms with Crippen molar-refractivity contribution >= 4 is 82.2 Å². The van der Waals surface area contributed by atoms with E-state index < -0.39 is 80.8 Å². The molecule has 6 heterocycles. The molecule has 0 bridgehead atoms. The molecule has 0 aliphatic rings. The summed E-state index contributed by atoms with van der Waals surface area (Å²) in [5.41, 5.74) is 10.4. The van der Waals surface area contributed by atoms with Crippen LogP contribution in [0, 0.1) is 20.2 Å². The maximum Gasteiger partial charge on any atom is 0.343 e. The van der Waals surface area contributed by atoms with Crippen molar-refractivity contribution in [2.75, 3.05) is 87.1 Å². The first-order valence-corrected chi connectivity index (χ1v) is 26.2. The Kier molecular flexibility index (Phi) is 24.7. The van der Waals surface area contributed by atoms with Crippen LogP contribution < -0.4 is 54.0 Å². The van der Waals surface area contributed by atoms with Gasteiger partial charge in [-0.3, -0.25) is 58.8 Å². The Morgan fingerprint density at radius 3 is 1.09 bits per heavy atom. The molecule has 8 amide bonds. The van der Waals surface area contributed by atoms with Crippen molar-refractivity contribution in [3.8, 4) is 0 Å². The van der Waals surface area contributed by atoms with Crippen molar-refractivity contribution < 1.29 is 62.4 Å². The Morgan fingerprint density at radius 1 is 0.435 bits per heavy atom. The number of H-pyrrole nitrogens is 6. The maximum atomic E-state index is 13.2. The second-order valence-corrected chi connectivity index (χ2v) is 18.0. The zero-order valence-electron chi connectivity index (χ0n) is 45.2. The van der Waals surface area contributed by atoms with Crippen LogP contribution in [-0.2, 0) is 23.8 Å². The number of nitrogens with two attached hydrogens (primary N) is 2. The van der Waals surface area contributed by atoms with Crippen LogP contribution in [0.1, 0.15) is 114 Å². The van der Waals surface area contributed by atoms with E-state index in [1.165, 1.54) is 24.3 Å². The van der Waals surface area contributed by atoms with Crippen molar-refractivity contribution in [3.63, 3.8) is 0 Å². The molecule has 456 valence electrons. The van der Waals surface area contributed by atoms with Crippen LogP contribution in [0.25, 0.3) is 0 Å². The maximum absolute atomic E-state index is 13.2. The second kappa shape index (κ2) is 32.9. The molecule has 0 spiro atoms. The number of nitro groups is 2. The van der Waals surface area contributed by atoms with Gasteiger partial charge in [0.05, 0.1) is 38.6 Å². The van der Waals surface area contributed by atoms with Crippen LogP contribution in [0.4, 0.5) is 34.9 Å².